The second-order valence-electron chi connectivity index (χ2n) is 6.78. The van der Waals surface area contributed by atoms with E-state index >= 15 is 0 Å². The number of benzene rings is 1. The van der Waals surface area contributed by atoms with E-state index in [1.54, 1.807) is 24.3 Å². The van der Waals surface area contributed by atoms with Crippen LogP contribution in [0.3, 0.4) is 0 Å². The summed E-state index contributed by atoms with van der Waals surface area (Å²) in [7, 11) is 0. The molecule has 2 aromatic rings. The first-order valence-corrected chi connectivity index (χ1v) is 9.91. The van der Waals surface area contributed by atoms with E-state index in [0.29, 0.717) is 21.9 Å². The lowest BCUT2D eigenvalue weighted by Crippen LogP contribution is -2.41. The molecule has 1 amide bonds. The van der Waals surface area contributed by atoms with Crippen LogP contribution in [0.2, 0.25) is 0 Å². The van der Waals surface area contributed by atoms with Crippen LogP contribution >= 0.6 is 11.3 Å². The summed E-state index contributed by atoms with van der Waals surface area (Å²) in [5.74, 6) is -0.0648. The topological polar surface area (TPSA) is 20.3 Å². The first kappa shape index (κ1) is 19.7. The SMILES string of the molecule is C=CCN(C(=O)c1ccc(-c2cccc(C(F)(F)F)c2)s1)C1CCCCC1. The average molecular weight is 393 g/mol. The largest absolute Gasteiger partial charge is 0.416 e. The molecule has 0 spiro atoms. The molecule has 144 valence electrons. The van der Waals surface area contributed by atoms with Crippen LogP contribution in [0.4, 0.5) is 13.2 Å². The second kappa shape index (κ2) is 8.30. The van der Waals surface area contributed by atoms with E-state index in [2.05, 4.69) is 6.58 Å². The van der Waals surface area contributed by atoms with Gasteiger partial charge in [-0.25, -0.2) is 0 Å². The standard InChI is InChI=1S/C21H22F3NOS/c1-2-13-25(17-9-4-3-5-10-17)20(26)19-12-11-18(27-19)15-7-6-8-16(14-15)21(22,23)24/h2,6-8,11-12,14,17H,1,3-5,9-10,13H2. The third-order valence-corrected chi connectivity index (χ3v) is 6.02. The molecule has 0 bridgehead atoms. The Labute approximate surface area is 161 Å². The Kier molecular flexibility index (Phi) is 6.05. The summed E-state index contributed by atoms with van der Waals surface area (Å²) in [6, 6.07) is 8.86. The number of thiophene rings is 1. The molecule has 0 aliphatic heterocycles. The molecule has 1 aromatic carbocycles. The molecule has 1 aliphatic carbocycles. The maximum atomic E-state index is 13.0. The molecule has 0 radical (unpaired) electrons. The minimum Gasteiger partial charge on any atom is -0.331 e. The Morgan fingerprint density at radius 1 is 1.19 bits per heavy atom. The summed E-state index contributed by atoms with van der Waals surface area (Å²) >= 11 is 1.24. The molecular formula is C21H22F3NOS. The Bertz CT molecular complexity index is 806. The van der Waals surface area contributed by atoms with Gasteiger partial charge in [0.25, 0.3) is 5.91 Å². The van der Waals surface area contributed by atoms with Gasteiger partial charge in [-0.3, -0.25) is 4.79 Å². The lowest BCUT2D eigenvalue weighted by Gasteiger charge is -2.33. The number of amides is 1. The summed E-state index contributed by atoms with van der Waals surface area (Å²) in [6.45, 7) is 4.25. The van der Waals surface area contributed by atoms with Crippen LogP contribution in [0.25, 0.3) is 10.4 Å². The maximum Gasteiger partial charge on any atom is 0.416 e. The number of nitrogens with zero attached hydrogens (tertiary/aromatic N) is 1. The monoisotopic (exact) mass is 393 g/mol. The molecule has 1 fully saturated rings. The van der Waals surface area contributed by atoms with Crippen LogP contribution in [0, 0.1) is 0 Å². The summed E-state index contributed by atoms with van der Waals surface area (Å²) in [5.41, 5.74) is -0.210. The van der Waals surface area contributed by atoms with Crippen molar-refractivity contribution in [2.24, 2.45) is 0 Å². The van der Waals surface area contributed by atoms with Crippen molar-refractivity contribution in [2.75, 3.05) is 6.54 Å². The first-order valence-electron chi connectivity index (χ1n) is 9.09. The van der Waals surface area contributed by atoms with Crippen molar-refractivity contribution in [3.05, 3.63) is 59.5 Å². The van der Waals surface area contributed by atoms with Crippen molar-refractivity contribution in [3.63, 3.8) is 0 Å². The van der Waals surface area contributed by atoms with Gasteiger partial charge in [0.1, 0.15) is 0 Å². The van der Waals surface area contributed by atoms with Gasteiger partial charge in [0.2, 0.25) is 0 Å². The number of rotatable bonds is 5. The van der Waals surface area contributed by atoms with Crippen molar-refractivity contribution in [1.29, 1.82) is 0 Å². The van der Waals surface area contributed by atoms with Crippen LogP contribution < -0.4 is 0 Å². The summed E-state index contributed by atoms with van der Waals surface area (Å²) in [5, 5.41) is 0. The minimum atomic E-state index is -4.38. The van der Waals surface area contributed by atoms with Crippen LogP contribution in [0.5, 0.6) is 0 Å². The molecule has 0 unspecified atom stereocenters. The lowest BCUT2D eigenvalue weighted by molar-refractivity contribution is -0.137. The summed E-state index contributed by atoms with van der Waals surface area (Å²) in [6.07, 6.45) is 2.76. The Morgan fingerprint density at radius 2 is 1.93 bits per heavy atom. The highest BCUT2D eigenvalue weighted by atomic mass is 32.1. The molecule has 1 saturated carbocycles. The quantitative estimate of drug-likeness (QED) is 0.539. The van der Waals surface area contributed by atoms with Crippen LogP contribution in [-0.2, 0) is 6.18 Å². The maximum absolute atomic E-state index is 13.0. The van der Waals surface area contributed by atoms with Gasteiger partial charge >= 0.3 is 6.18 Å². The fourth-order valence-corrected chi connectivity index (χ4v) is 4.49. The van der Waals surface area contributed by atoms with Crippen molar-refractivity contribution >= 4 is 17.2 Å². The van der Waals surface area contributed by atoms with E-state index in [1.165, 1.54) is 23.8 Å². The molecule has 3 rings (SSSR count). The number of hydrogen-bond acceptors (Lipinski definition) is 2. The van der Waals surface area contributed by atoms with Gasteiger partial charge in [0.15, 0.2) is 0 Å². The molecule has 0 N–H and O–H groups in total. The molecule has 2 nitrogen and oxygen atoms in total. The molecule has 0 atom stereocenters. The lowest BCUT2D eigenvalue weighted by atomic mass is 9.94. The second-order valence-corrected chi connectivity index (χ2v) is 7.86. The van der Waals surface area contributed by atoms with Crippen molar-refractivity contribution < 1.29 is 18.0 Å². The Hall–Kier alpha value is -2.08. The summed E-state index contributed by atoms with van der Waals surface area (Å²) < 4.78 is 38.8. The van der Waals surface area contributed by atoms with Crippen molar-refractivity contribution in [2.45, 2.75) is 44.3 Å². The molecule has 6 heteroatoms. The van der Waals surface area contributed by atoms with Crippen molar-refractivity contribution in [1.82, 2.24) is 4.90 Å². The van der Waals surface area contributed by atoms with E-state index in [0.717, 1.165) is 37.8 Å². The fraction of sp³-hybridized carbons (Fsp3) is 0.381. The smallest absolute Gasteiger partial charge is 0.331 e. The van der Waals surface area contributed by atoms with E-state index in [4.69, 9.17) is 0 Å². The highest BCUT2D eigenvalue weighted by Crippen LogP contribution is 2.35. The fourth-order valence-electron chi connectivity index (χ4n) is 3.53. The highest BCUT2D eigenvalue weighted by Gasteiger charge is 2.31. The molecule has 1 heterocycles. The minimum absolute atomic E-state index is 0.0648. The van der Waals surface area contributed by atoms with Gasteiger partial charge < -0.3 is 4.90 Å². The Morgan fingerprint density at radius 3 is 2.59 bits per heavy atom. The van der Waals surface area contributed by atoms with Gasteiger partial charge in [-0.1, -0.05) is 37.5 Å². The number of carbonyl (C=O) groups is 1. The zero-order valence-corrected chi connectivity index (χ0v) is 15.8. The van der Waals surface area contributed by atoms with Crippen LogP contribution in [0.1, 0.15) is 47.3 Å². The number of alkyl halides is 3. The zero-order valence-electron chi connectivity index (χ0n) is 15.0. The highest BCUT2D eigenvalue weighted by molar-refractivity contribution is 7.17. The average Bonchev–Trinajstić information content (AvgIpc) is 3.16. The molecular weight excluding hydrogens is 371 g/mol. The van der Waals surface area contributed by atoms with Gasteiger partial charge in [-0.15, -0.1) is 17.9 Å². The summed E-state index contributed by atoms with van der Waals surface area (Å²) in [4.78, 5) is 16.1. The molecule has 0 saturated heterocycles. The zero-order chi connectivity index (χ0) is 19.4. The molecule has 27 heavy (non-hydrogen) atoms. The third-order valence-electron chi connectivity index (χ3n) is 4.89. The van der Waals surface area contributed by atoms with Crippen molar-refractivity contribution in [3.8, 4) is 10.4 Å². The third kappa shape index (κ3) is 4.61. The van der Waals surface area contributed by atoms with E-state index in [1.807, 2.05) is 4.90 Å². The Balaban J connectivity index is 1.83. The predicted octanol–water partition coefficient (Wildman–Crippen LogP) is 6.39. The number of hydrogen-bond donors (Lipinski definition) is 0. The normalized spacial score (nSPS) is 15.5. The predicted molar refractivity (Wildman–Crippen MR) is 103 cm³/mol. The van der Waals surface area contributed by atoms with Gasteiger partial charge in [0.05, 0.1) is 10.4 Å². The number of halogens is 3. The van der Waals surface area contributed by atoms with Gasteiger partial charge in [-0.05, 0) is 42.7 Å². The molecule has 1 aromatic heterocycles. The van der Waals surface area contributed by atoms with E-state index in [9.17, 15) is 18.0 Å². The van der Waals surface area contributed by atoms with E-state index in [-0.39, 0.29) is 11.9 Å². The van der Waals surface area contributed by atoms with Crippen LogP contribution in [0.15, 0.2) is 49.1 Å². The number of carbonyl (C=O) groups excluding carboxylic acids is 1. The van der Waals surface area contributed by atoms with E-state index < -0.39 is 11.7 Å². The van der Waals surface area contributed by atoms with Crippen LogP contribution in [-0.4, -0.2) is 23.4 Å². The molecule has 1 aliphatic rings. The van der Waals surface area contributed by atoms with Gasteiger partial charge in [-0.2, -0.15) is 13.2 Å². The first-order chi connectivity index (χ1) is 12.9. The van der Waals surface area contributed by atoms with Gasteiger partial charge in [0, 0.05) is 17.5 Å².